The van der Waals surface area contributed by atoms with Crippen molar-refractivity contribution in [3.63, 3.8) is 0 Å². The standard InChI is InChI=1S/C15H23FN2O4S.ClH/c1-4-15(5-2,10-17)18-23(20,21)13-8-11(7-12(16)9-13)14(19)22-6-3;/h7-9,18H,4-6,10,17H2,1-3H3;1H. The Morgan fingerprint density at radius 2 is 1.83 bits per heavy atom. The summed E-state index contributed by atoms with van der Waals surface area (Å²) in [6, 6.07) is 2.89. The van der Waals surface area contributed by atoms with Crippen LogP contribution in [0.4, 0.5) is 4.39 Å². The van der Waals surface area contributed by atoms with Gasteiger partial charge in [-0.2, -0.15) is 0 Å². The molecule has 0 spiro atoms. The van der Waals surface area contributed by atoms with Gasteiger partial charge in [0.15, 0.2) is 0 Å². The van der Waals surface area contributed by atoms with E-state index in [4.69, 9.17) is 10.5 Å². The van der Waals surface area contributed by atoms with Gasteiger partial charge in [0, 0.05) is 12.1 Å². The zero-order chi connectivity index (χ0) is 17.7. The summed E-state index contributed by atoms with van der Waals surface area (Å²) in [4.78, 5) is 11.4. The second kappa shape index (κ2) is 9.31. The fraction of sp³-hybridized carbons (Fsp3) is 0.533. The van der Waals surface area contributed by atoms with Gasteiger partial charge in [-0.3, -0.25) is 0 Å². The van der Waals surface area contributed by atoms with Crippen molar-refractivity contribution in [3.05, 3.63) is 29.6 Å². The quantitative estimate of drug-likeness (QED) is 0.671. The minimum Gasteiger partial charge on any atom is -0.462 e. The first-order valence-electron chi connectivity index (χ1n) is 7.45. The molecule has 0 atom stereocenters. The molecule has 3 N–H and O–H groups in total. The lowest BCUT2D eigenvalue weighted by Crippen LogP contribution is -2.52. The fourth-order valence-electron chi connectivity index (χ4n) is 2.12. The van der Waals surface area contributed by atoms with E-state index >= 15 is 0 Å². The zero-order valence-corrected chi connectivity index (χ0v) is 15.6. The van der Waals surface area contributed by atoms with Gasteiger partial charge in [0.25, 0.3) is 0 Å². The molecule has 0 aliphatic rings. The number of nitrogens with one attached hydrogen (secondary N) is 1. The third-order valence-electron chi connectivity index (χ3n) is 3.79. The lowest BCUT2D eigenvalue weighted by Gasteiger charge is -2.31. The molecule has 0 saturated heterocycles. The number of hydrogen-bond donors (Lipinski definition) is 2. The number of esters is 1. The van der Waals surface area contributed by atoms with Crippen LogP contribution in [0, 0.1) is 5.82 Å². The minimum atomic E-state index is -4.03. The number of hydrogen-bond acceptors (Lipinski definition) is 5. The van der Waals surface area contributed by atoms with E-state index in [1.165, 1.54) is 0 Å². The molecule has 1 aromatic carbocycles. The van der Waals surface area contributed by atoms with Crippen LogP contribution in [0.25, 0.3) is 0 Å². The highest BCUT2D eigenvalue weighted by molar-refractivity contribution is 7.89. The van der Waals surface area contributed by atoms with Crippen molar-refractivity contribution in [1.29, 1.82) is 0 Å². The van der Waals surface area contributed by atoms with Crippen molar-refractivity contribution in [2.45, 2.75) is 44.0 Å². The molecule has 9 heteroatoms. The summed E-state index contributed by atoms with van der Waals surface area (Å²) < 4.78 is 46.1. The van der Waals surface area contributed by atoms with Crippen LogP contribution in [0.2, 0.25) is 0 Å². The van der Waals surface area contributed by atoms with Crippen LogP contribution in [0.3, 0.4) is 0 Å². The molecule has 0 aliphatic heterocycles. The molecule has 0 bridgehead atoms. The zero-order valence-electron chi connectivity index (χ0n) is 14.0. The van der Waals surface area contributed by atoms with Crippen molar-refractivity contribution in [2.24, 2.45) is 5.73 Å². The maximum Gasteiger partial charge on any atom is 0.338 e. The predicted molar refractivity (Wildman–Crippen MR) is 92.3 cm³/mol. The van der Waals surface area contributed by atoms with E-state index in [0.29, 0.717) is 12.8 Å². The highest BCUT2D eigenvalue weighted by Crippen LogP contribution is 2.21. The highest BCUT2D eigenvalue weighted by Gasteiger charge is 2.31. The maximum atomic E-state index is 13.7. The first-order chi connectivity index (χ1) is 10.7. The first kappa shape index (κ1) is 22.8. The van der Waals surface area contributed by atoms with E-state index in [0.717, 1.165) is 18.2 Å². The van der Waals surface area contributed by atoms with Crippen LogP contribution in [0.15, 0.2) is 23.1 Å². The van der Waals surface area contributed by atoms with Gasteiger partial charge < -0.3 is 10.5 Å². The first-order valence-corrected chi connectivity index (χ1v) is 8.93. The number of benzene rings is 1. The maximum absolute atomic E-state index is 13.7. The van der Waals surface area contributed by atoms with Crippen LogP contribution in [0.1, 0.15) is 44.0 Å². The molecule has 0 unspecified atom stereocenters. The molecule has 6 nitrogen and oxygen atoms in total. The normalized spacial score (nSPS) is 11.7. The Balaban J connectivity index is 0.00000529. The number of halogens is 2. The second-order valence-electron chi connectivity index (χ2n) is 5.19. The monoisotopic (exact) mass is 382 g/mol. The summed E-state index contributed by atoms with van der Waals surface area (Å²) in [6.45, 7) is 5.45. The number of carbonyl (C=O) groups excluding carboxylic acids is 1. The molecule has 0 amide bonds. The molecule has 0 heterocycles. The number of nitrogens with two attached hydrogens (primary N) is 1. The van der Waals surface area contributed by atoms with E-state index in [2.05, 4.69) is 4.72 Å². The summed E-state index contributed by atoms with van der Waals surface area (Å²) in [7, 11) is -4.03. The van der Waals surface area contributed by atoms with Crippen molar-refractivity contribution >= 4 is 28.4 Å². The van der Waals surface area contributed by atoms with E-state index in [1.807, 2.05) is 13.8 Å². The van der Waals surface area contributed by atoms with Gasteiger partial charge in [0.2, 0.25) is 10.0 Å². The van der Waals surface area contributed by atoms with Gasteiger partial charge in [0.1, 0.15) is 5.82 Å². The SMILES string of the molecule is CCOC(=O)c1cc(F)cc(S(=O)(=O)NC(CC)(CC)CN)c1.Cl. The Kier molecular flexibility index (Phi) is 8.84. The number of ether oxygens (including phenoxy) is 1. The molecule has 1 rings (SSSR count). The third-order valence-corrected chi connectivity index (χ3v) is 5.35. The predicted octanol–water partition coefficient (Wildman–Crippen LogP) is 2.22. The van der Waals surface area contributed by atoms with Crippen molar-refractivity contribution in [3.8, 4) is 0 Å². The van der Waals surface area contributed by atoms with Crippen LogP contribution < -0.4 is 10.5 Å². The summed E-state index contributed by atoms with van der Waals surface area (Å²) in [5, 5.41) is 0. The topological polar surface area (TPSA) is 98.5 Å². The van der Waals surface area contributed by atoms with Gasteiger partial charge in [-0.1, -0.05) is 13.8 Å². The van der Waals surface area contributed by atoms with Crippen molar-refractivity contribution in [1.82, 2.24) is 4.72 Å². The van der Waals surface area contributed by atoms with Gasteiger partial charge in [-0.05, 0) is 38.0 Å². The average Bonchev–Trinajstić information content (AvgIpc) is 2.52. The highest BCUT2D eigenvalue weighted by atomic mass is 35.5. The largest absolute Gasteiger partial charge is 0.462 e. The molecule has 0 saturated carbocycles. The Morgan fingerprint density at radius 3 is 2.29 bits per heavy atom. The summed E-state index contributed by atoms with van der Waals surface area (Å²) in [5.74, 6) is -1.61. The van der Waals surface area contributed by atoms with E-state index < -0.39 is 27.3 Å². The Morgan fingerprint density at radius 1 is 1.25 bits per heavy atom. The van der Waals surface area contributed by atoms with Gasteiger partial charge in [-0.15, -0.1) is 12.4 Å². The Hall–Kier alpha value is -1.22. The molecule has 1 aromatic rings. The van der Waals surface area contributed by atoms with E-state index in [9.17, 15) is 17.6 Å². The molecular formula is C15H24ClFN2O4S. The summed E-state index contributed by atoms with van der Waals surface area (Å²) >= 11 is 0. The molecule has 138 valence electrons. The van der Waals surface area contributed by atoms with Crippen LogP contribution in [-0.2, 0) is 14.8 Å². The summed E-state index contributed by atoms with van der Waals surface area (Å²) in [5.41, 5.74) is 4.72. The molecular weight excluding hydrogens is 359 g/mol. The van der Waals surface area contributed by atoms with Gasteiger partial charge >= 0.3 is 5.97 Å². The lowest BCUT2D eigenvalue weighted by atomic mass is 9.95. The minimum absolute atomic E-state index is 0. The third kappa shape index (κ3) is 5.41. The van der Waals surface area contributed by atoms with Crippen LogP contribution >= 0.6 is 12.4 Å². The summed E-state index contributed by atoms with van der Waals surface area (Å²) in [6.07, 6.45) is 0.971. The van der Waals surface area contributed by atoms with Crippen molar-refractivity contribution < 1.29 is 22.3 Å². The smallest absolute Gasteiger partial charge is 0.338 e. The molecule has 0 radical (unpaired) electrons. The van der Waals surface area contributed by atoms with E-state index in [-0.39, 0.29) is 36.0 Å². The van der Waals surface area contributed by atoms with Crippen LogP contribution in [0.5, 0.6) is 0 Å². The average molecular weight is 383 g/mol. The molecule has 0 aromatic heterocycles. The Labute approximate surface area is 148 Å². The van der Waals surface area contributed by atoms with Gasteiger partial charge in [-0.25, -0.2) is 22.3 Å². The van der Waals surface area contributed by atoms with Crippen molar-refractivity contribution in [2.75, 3.05) is 13.2 Å². The van der Waals surface area contributed by atoms with Gasteiger partial charge in [0.05, 0.1) is 17.1 Å². The number of rotatable bonds is 8. The molecule has 24 heavy (non-hydrogen) atoms. The second-order valence-corrected chi connectivity index (χ2v) is 6.88. The molecule has 0 aliphatic carbocycles. The van der Waals surface area contributed by atoms with E-state index in [1.54, 1.807) is 6.92 Å². The lowest BCUT2D eigenvalue weighted by molar-refractivity contribution is 0.0525. The fourth-order valence-corrected chi connectivity index (χ4v) is 3.73. The number of carbonyl (C=O) groups is 1. The van der Waals surface area contributed by atoms with Crippen LogP contribution in [-0.4, -0.2) is 33.1 Å². The number of sulfonamides is 1. The molecule has 0 fully saturated rings. The Bertz CT molecular complexity index is 655.